The summed E-state index contributed by atoms with van der Waals surface area (Å²) in [4.78, 5) is 0. The van der Waals surface area contributed by atoms with E-state index < -0.39 is 0 Å². The minimum absolute atomic E-state index is 0. The molecule has 5 heteroatoms. The van der Waals surface area contributed by atoms with Crippen molar-refractivity contribution in [3.63, 3.8) is 0 Å². The van der Waals surface area contributed by atoms with Crippen LogP contribution in [0.5, 0.6) is 0 Å². The Bertz CT molecular complexity index is 4.85. The molecule has 0 aromatic rings. The summed E-state index contributed by atoms with van der Waals surface area (Å²) in [6.07, 6.45) is 0. The predicted octanol–water partition coefficient (Wildman–Crippen LogP) is -5.12. The van der Waals surface area contributed by atoms with Gasteiger partial charge in [-0.05, 0) is 0 Å². The molecule has 0 saturated heterocycles. The molecule has 0 bridgehead atoms. The Morgan fingerprint density at radius 2 is 0.400 bits per heavy atom. The molecule has 0 amide bonds. The van der Waals surface area contributed by atoms with Gasteiger partial charge in [0, 0.05) is 0 Å². The fraction of sp³-hybridized carbons (Fsp3) is 0. The van der Waals surface area contributed by atoms with Gasteiger partial charge >= 0.3 is 195 Å². The second kappa shape index (κ2) is 22.4. The van der Waals surface area contributed by atoms with E-state index in [0.29, 0.717) is 0 Å². The van der Waals surface area contributed by atoms with Crippen molar-refractivity contribution in [2.24, 2.45) is 0 Å². The van der Waals surface area contributed by atoms with Gasteiger partial charge in [0.15, 0.2) is 0 Å². The first-order chi connectivity index (χ1) is 0. The van der Waals surface area contributed by atoms with Crippen LogP contribution in [0.25, 0.3) is 0 Å². The Hall–Kier alpha value is 6.35. The van der Waals surface area contributed by atoms with Crippen LogP contribution in [0.15, 0.2) is 0 Å². The van der Waals surface area contributed by atoms with Gasteiger partial charge in [0.1, 0.15) is 0 Å². The van der Waals surface area contributed by atoms with Crippen molar-refractivity contribution in [2.75, 3.05) is 0 Å². The number of rotatable bonds is 0. The molecule has 0 aliphatic rings. The molecule has 0 aliphatic heterocycles. The Morgan fingerprint density at radius 1 is 0.400 bits per heavy atom. The van der Waals surface area contributed by atoms with E-state index in [4.69, 9.17) is 0 Å². The Labute approximate surface area is 188 Å². The second-order valence-corrected chi connectivity index (χ2v) is 0. The maximum atomic E-state index is 0. The van der Waals surface area contributed by atoms with Crippen LogP contribution in [0.4, 0.5) is 0 Å². The van der Waals surface area contributed by atoms with E-state index in [9.17, 15) is 0 Å². The standard InChI is InChI=1S/3Ba.2Sb.12H/q3*+2;2*-3;;;;;;;;;;;;. The molecule has 0 rings (SSSR count). The van der Waals surface area contributed by atoms with Crippen LogP contribution in [-0.4, -0.2) is 195 Å². The van der Waals surface area contributed by atoms with Crippen molar-refractivity contribution in [3.8, 4) is 0 Å². The summed E-state index contributed by atoms with van der Waals surface area (Å²) >= 11 is 0. The molecule has 0 aromatic carbocycles. The van der Waals surface area contributed by atoms with E-state index in [1.807, 2.05) is 0 Å². The van der Waals surface area contributed by atoms with E-state index in [1.54, 1.807) is 0 Å². The van der Waals surface area contributed by atoms with Crippen molar-refractivity contribution < 1.29 is 0 Å². The molecule has 0 heterocycles. The van der Waals surface area contributed by atoms with Crippen molar-refractivity contribution in [1.82, 2.24) is 0 Å². The molecular formula is H12Ba3Sb2. The molecule has 0 atom stereocenters. The molecule has 0 saturated carbocycles. The first-order valence-corrected chi connectivity index (χ1v) is 0. The fourth-order valence-corrected chi connectivity index (χ4v) is 0. The Balaban J connectivity index is 0. The van der Waals surface area contributed by atoms with E-state index in [2.05, 4.69) is 0 Å². The third-order valence-corrected chi connectivity index (χ3v) is 0. The molecule has 0 N–H and O–H groups in total. The predicted molar refractivity (Wildman–Crippen MR) is 45.5 cm³/mol. The monoisotopic (exact) mass is 668 g/mol. The molecule has 0 spiro atoms. The van der Waals surface area contributed by atoms with E-state index in [1.165, 1.54) is 0 Å². The topological polar surface area (TPSA) is 0 Å². The van der Waals surface area contributed by atoms with Gasteiger partial charge in [0.05, 0.1) is 0 Å². The van der Waals surface area contributed by atoms with Crippen LogP contribution in [0.3, 0.4) is 0 Å². The van der Waals surface area contributed by atoms with E-state index >= 15 is 0 Å². The third-order valence-electron chi connectivity index (χ3n) is 0. The molecular weight excluding hydrogens is 656 g/mol. The van der Waals surface area contributed by atoms with Crippen molar-refractivity contribution >= 4 is 195 Å². The molecule has 0 aliphatic carbocycles. The first kappa shape index (κ1) is 30.2. The molecule has 0 aromatic heterocycles. The normalized spacial score (nSPS) is 0. The van der Waals surface area contributed by atoms with Gasteiger partial charge in [0.25, 0.3) is 0 Å². The summed E-state index contributed by atoms with van der Waals surface area (Å²) in [6.45, 7) is 0. The molecule has 28 valence electrons. The van der Waals surface area contributed by atoms with Crippen molar-refractivity contribution in [2.45, 2.75) is 0 Å². The van der Waals surface area contributed by atoms with Crippen LogP contribution < -0.4 is 0 Å². The molecule has 0 nitrogen and oxygen atoms in total. The van der Waals surface area contributed by atoms with Gasteiger partial charge in [-0.3, -0.25) is 0 Å². The zero-order valence-corrected chi connectivity index (χ0v) is 15.4. The van der Waals surface area contributed by atoms with Gasteiger partial charge < -0.3 is 0 Å². The van der Waals surface area contributed by atoms with Gasteiger partial charge in [0.2, 0.25) is 0 Å². The zero-order valence-electron chi connectivity index (χ0n) is 2.12. The number of hydrogen-bond donors (Lipinski definition) is 0. The fourth-order valence-electron chi connectivity index (χ4n) is 0. The summed E-state index contributed by atoms with van der Waals surface area (Å²) in [7, 11) is 0. The first-order valence-electron chi connectivity index (χ1n) is 0. The van der Waals surface area contributed by atoms with Crippen LogP contribution in [0.2, 0.25) is 0 Å². The van der Waals surface area contributed by atoms with Gasteiger partial charge in [-0.25, -0.2) is 0 Å². The van der Waals surface area contributed by atoms with E-state index in [0.717, 1.165) is 0 Å². The summed E-state index contributed by atoms with van der Waals surface area (Å²) < 4.78 is 0. The van der Waals surface area contributed by atoms with Crippen LogP contribution in [0.1, 0.15) is 0 Å². The summed E-state index contributed by atoms with van der Waals surface area (Å²) in [5.41, 5.74) is 0. The molecule has 5 heavy (non-hydrogen) atoms. The van der Waals surface area contributed by atoms with Crippen molar-refractivity contribution in [3.05, 3.63) is 0 Å². The van der Waals surface area contributed by atoms with Crippen LogP contribution >= 0.6 is 0 Å². The molecule has 0 fully saturated rings. The SMILES string of the molecule is [Ba+2].[Ba+2].[Ba+2].[SbH6-3].[SbH6-3]. The second-order valence-electron chi connectivity index (χ2n) is 0. The van der Waals surface area contributed by atoms with Crippen LogP contribution in [-0.2, 0) is 0 Å². The summed E-state index contributed by atoms with van der Waals surface area (Å²) in [5.74, 6) is 0. The quantitative estimate of drug-likeness (QED) is 0.227. The minimum atomic E-state index is 0. The van der Waals surface area contributed by atoms with Gasteiger partial charge in [-0.1, -0.05) is 0 Å². The third kappa shape index (κ3) is 17.9. The maximum absolute atomic E-state index is 0. The molecule has 0 unspecified atom stereocenters. The summed E-state index contributed by atoms with van der Waals surface area (Å²) in [5, 5.41) is 0. The summed E-state index contributed by atoms with van der Waals surface area (Å²) in [6, 6.07) is 0. The van der Waals surface area contributed by atoms with Crippen molar-refractivity contribution in [1.29, 1.82) is 0 Å². The van der Waals surface area contributed by atoms with Crippen LogP contribution in [0, 0.1) is 0 Å². The number of hydrogen-bond acceptors (Lipinski definition) is 0. The zero-order chi connectivity index (χ0) is 0. The van der Waals surface area contributed by atoms with Gasteiger partial charge in [-0.15, -0.1) is 0 Å². The Morgan fingerprint density at radius 3 is 0.400 bits per heavy atom. The van der Waals surface area contributed by atoms with Gasteiger partial charge in [-0.2, -0.15) is 0 Å². The average molecular weight is 668 g/mol. The average Bonchev–Trinajstić information content (AvgIpc) is 0. The Kier molecular flexibility index (Phi) is 135. The molecule has 0 radical (unpaired) electrons. The van der Waals surface area contributed by atoms with E-state index in [-0.39, 0.29) is 195 Å².